The van der Waals surface area contributed by atoms with Gasteiger partial charge >= 0.3 is 21.7 Å². The highest BCUT2D eigenvalue weighted by Gasteiger charge is 2.44. The van der Waals surface area contributed by atoms with Crippen LogP contribution in [0.15, 0.2) is 0 Å². The average Bonchev–Trinajstić information content (AvgIpc) is 2.16. The quantitative estimate of drug-likeness (QED) is 0.459. The largest absolute Gasteiger partial charge is 0.522 e. The molecule has 2 amide bonds. The molecule has 0 unspecified atom stereocenters. The molecule has 0 radical (unpaired) electrons. The zero-order valence-corrected chi connectivity index (χ0v) is 10.6. The van der Waals surface area contributed by atoms with E-state index in [1.54, 1.807) is 0 Å². The predicted octanol–water partition coefficient (Wildman–Crippen LogP) is -0.232. The number of nitrogens with zero attached hydrogens (tertiary/aromatic N) is 1. The van der Waals surface area contributed by atoms with E-state index in [-0.39, 0.29) is 6.03 Å². The third kappa shape index (κ3) is 4.51. The summed E-state index contributed by atoms with van der Waals surface area (Å²) in [5.41, 5.74) is -5.53. The summed E-state index contributed by atoms with van der Waals surface area (Å²) in [6.45, 7) is 3.70. The van der Waals surface area contributed by atoms with Crippen LogP contribution in [0, 0.1) is 0 Å². The van der Waals surface area contributed by atoms with Crippen LogP contribution in [0.2, 0.25) is 0 Å². The van der Waals surface area contributed by atoms with Crippen LogP contribution < -0.4 is 10.6 Å². The van der Waals surface area contributed by atoms with Crippen LogP contribution in [0.25, 0.3) is 0 Å². The minimum Gasteiger partial charge on any atom is -0.338 e. The molecule has 11 heteroatoms. The molecule has 0 bridgehead atoms. The molecule has 7 nitrogen and oxygen atoms in total. The zero-order valence-electron chi connectivity index (χ0n) is 9.77. The van der Waals surface area contributed by atoms with Gasteiger partial charge in [0.05, 0.1) is 6.04 Å². The Morgan fingerprint density at radius 2 is 1.84 bits per heavy atom. The van der Waals surface area contributed by atoms with E-state index in [9.17, 15) is 18.0 Å². The van der Waals surface area contributed by atoms with Crippen molar-refractivity contribution in [3.05, 3.63) is 0 Å². The molecule has 0 aromatic rings. The van der Waals surface area contributed by atoms with Crippen molar-refractivity contribution < 1.29 is 30.9 Å². The topological polar surface area (TPSA) is 98.7 Å². The average molecular weight is 305 g/mol. The van der Waals surface area contributed by atoms with Gasteiger partial charge in [-0.25, -0.2) is 4.79 Å². The summed E-state index contributed by atoms with van der Waals surface area (Å²) in [4.78, 5) is 13.1. The van der Waals surface area contributed by atoms with Gasteiger partial charge < -0.3 is 15.5 Å². The maximum Gasteiger partial charge on any atom is 0.522 e. The summed E-state index contributed by atoms with van der Waals surface area (Å²) in [7, 11) is -5.84. The summed E-state index contributed by atoms with van der Waals surface area (Å²) >= 11 is 0. The van der Waals surface area contributed by atoms with Crippen molar-refractivity contribution in [2.75, 3.05) is 26.2 Å². The highest BCUT2D eigenvalue weighted by Crippen LogP contribution is 2.20. The van der Waals surface area contributed by atoms with Gasteiger partial charge in [-0.05, 0) is 6.42 Å². The van der Waals surface area contributed by atoms with Crippen LogP contribution in [0.1, 0.15) is 6.42 Å². The molecule has 112 valence electrons. The Morgan fingerprint density at radius 3 is 2.16 bits per heavy atom. The van der Waals surface area contributed by atoms with Gasteiger partial charge in [0.1, 0.15) is 0 Å². The Bertz CT molecular complexity index is 421. The molecule has 2 heterocycles. The maximum absolute atomic E-state index is 11.2. The van der Waals surface area contributed by atoms with Gasteiger partial charge in [-0.3, -0.25) is 4.55 Å². The first kappa shape index (κ1) is 16.0. The lowest BCUT2D eigenvalue weighted by Crippen LogP contribution is -2.62. The fourth-order valence-electron chi connectivity index (χ4n) is 1.49. The Labute approximate surface area is 107 Å². The Hall–Kier alpha value is -1.07. The van der Waals surface area contributed by atoms with Crippen LogP contribution >= 0.6 is 0 Å². The van der Waals surface area contributed by atoms with Gasteiger partial charge in [-0.2, -0.15) is 21.6 Å². The summed E-state index contributed by atoms with van der Waals surface area (Å²) < 4.78 is 57.5. The molecule has 0 spiro atoms. The van der Waals surface area contributed by atoms with Crippen LogP contribution in [-0.4, -0.2) is 61.6 Å². The van der Waals surface area contributed by atoms with Crippen molar-refractivity contribution in [2.45, 2.75) is 18.0 Å². The van der Waals surface area contributed by atoms with Crippen molar-refractivity contribution in [3.8, 4) is 0 Å². The molecular weight excluding hydrogens is 291 g/mol. The smallest absolute Gasteiger partial charge is 0.338 e. The zero-order chi connectivity index (χ0) is 14.7. The van der Waals surface area contributed by atoms with Gasteiger partial charge in [-0.15, -0.1) is 0 Å². The van der Waals surface area contributed by atoms with Crippen molar-refractivity contribution >= 4 is 16.1 Å². The first-order chi connectivity index (χ1) is 8.63. The van der Waals surface area contributed by atoms with Gasteiger partial charge in [0.25, 0.3) is 0 Å². The van der Waals surface area contributed by atoms with Crippen LogP contribution in [0.4, 0.5) is 18.0 Å². The van der Waals surface area contributed by atoms with E-state index < -0.39 is 15.6 Å². The number of nitrogens with one attached hydrogen (secondary N) is 2. The van der Waals surface area contributed by atoms with E-state index in [1.807, 2.05) is 4.90 Å². The molecule has 2 rings (SSSR count). The standard InChI is InChI=1S/C7H13N3O.CHF3O3S/c11-7-9-2-1-3-10(7)6-4-8-5-6;2-1(3,4)8(5,6)7/h6,8H,1-5H2,(H,9,11);(H,5,6,7). The maximum atomic E-state index is 11.2. The van der Waals surface area contributed by atoms with Crippen molar-refractivity contribution in [3.63, 3.8) is 0 Å². The molecule has 2 fully saturated rings. The van der Waals surface area contributed by atoms with Gasteiger partial charge in [0.15, 0.2) is 0 Å². The molecule has 0 aromatic heterocycles. The second-order valence-corrected chi connectivity index (χ2v) is 5.42. The van der Waals surface area contributed by atoms with E-state index in [4.69, 9.17) is 13.0 Å². The Morgan fingerprint density at radius 1 is 1.32 bits per heavy atom. The molecule has 19 heavy (non-hydrogen) atoms. The van der Waals surface area contributed by atoms with Crippen molar-refractivity contribution in [1.82, 2.24) is 15.5 Å². The monoisotopic (exact) mass is 305 g/mol. The summed E-state index contributed by atoms with van der Waals surface area (Å²) in [6.07, 6.45) is 1.09. The molecule has 2 aliphatic heterocycles. The van der Waals surface area contributed by atoms with Gasteiger partial charge in [0.2, 0.25) is 0 Å². The normalized spacial score (nSPS) is 21.1. The molecule has 2 saturated heterocycles. The summed E-state index contributed by atoms with van der Waals surface area (Å²) in [5, 5.41) is 6.00. The number of hydrogen-bond donors (Lipinski definition) is 3. The number of carbonyl (C=O) groups is 1. The summed E-state index contributed by atoms with van der Waals surface area (Å²) in [6, 6.07) is 0.568. The van der Waals surface area contributed by atoms with E-state index in [2.05, 4.69) is 10.6 Å². The lowest BCUT2D eigenvalue weighted by molar-refractivity contribution is -0.0510. The molecule has 0 aromatic carbocycles. The number of halogens is 3. The predicted molar refractivity (Wildman–Crippen MR) is 59.0 cm³/mol. The second kappa shape index (κ2) is 5.92. The third-order valence-electron chi connectivity index (χ3n) is 2.61. The molecule has 0 saturated carbocycles. The summed E-state index contributed by atoms with van der Waals surface area (Å²) in [5.74, 6) is 0. The fourth-order valence-corrected chi connectivity index (χ4v) is 1.49. The number of urea groups is 1. The van der Waals surface area contributed by atoms with Gasteiger partial charge in [-0.1, -0.05) is 0 Å². The minimum absolute atomic E-state index is 0.114. The molecule has 0 aliphatic carbocycles. The van der Waals surface area contributed by atoms with Crippen molar-refractivity contribution in [2.24, 2.45) is 0 Å². The SMILES string of the molecule is O=C1NCCCN1C1CNC1.O=S(=O)(O)C(F)(F)F. The lowest BCUT2D eigenvalue weighted by Gasteiger charge is -2.40. The highest BCUT2D eigenvalue weighted by molar-refractivity contribution is 7.86. The molecule has 2 aliphatic rings. The fraction of sp³-hybridized carbons (Fsp3) is 0.875. The third-order valence-corrected chi connectivity index (χ3v) is 3.19. The number of hydrogen-bond acceptors (Lipinski definition) is 4. The Balaban J connectivity index is 0.000000203. The van der Waals surface area contributed by atoms with E-state index in [1.165, 1.54) is 0 Å². The van der Waals surface area contributed by atoms with E-state index in [0.717, 1.165) is 32.6 Å². The highest BCUT2D eigenvalue weighted by atomic mass is 32.2. The minimum atomic E-state index is -5.84. The van der Waals surface area contributed by atoms with Crippen molar-refractivity contribution in [1.29, 1.82) is 0 Å². The number of alkyl halides is 3. The van der Waals surface area contributed by atoms with Crippen LogP contribution in [0.3, 0.4) is 0 Å². The molecular formula is C8H14F3N3O4S. The molecule has 3 N–H and O–H groups in total. The number of carbonyl (C=O) groups excluding carboxylic acids is 1. The van der Waals surface area contributed by atoms with Crippen LogP contribution in [-0.2, 0) is 10.1 Å². The number of amides is 2. The molecule has 0 atom stereocenters. The van der Waals surface area contributed by atoms with Crippen LogP contribution in [0.5, 0.6) is 0 Å². The first-order valence-corrected chi connectivity index (χ1v) is 6.86. The van der Waals surface area contributed by atoms with Gasteiger partial charge in [0, 0.05) is 26.2 Å². The lowest BCUT2D eigenvalue weighted by atomic mass is 10.1. The second-order valence-electron chi connectivity index (χ2n) is 4.01. The van der Waals surface area contributed by atoms with E-state index in [0.29, 0.717) is 6.04 Å². The van der Waals surface area contributed by atoms with E-state index >= 15 is 0 Å². The first-order valence-electron chi connectivity index (χ1n) is 5.42. The number of rotatable bonds is 1. The Kier molecular flexibility index (Phi) is 4.98.